The Morgan fingerprint density at radius 3 is 2.57 bits per heavy atom. The standard InChI is InChI=1S/C34H40ClN3O8/c1-17-12-22-30(40)24(16-25-32(22)45-26-11-10-21(35)15-23(26)37-25)38-33(41)18(2)8-7-9-27(43-5)31(46-34(36)42)20(4)14-19(3)29(39)28(13-17)44-6/h7-11,14-17,19,27-29,31,39H,12-13H2,1-6H3,(H2,36,42)(H,38,41)/b9-7-,18-8+,20-14+. The van der Waals surface area contributed by atoms with Gasteiger partial charge in [0.25, 0.3) is 5.91 Å². The maximum atomic E-state index is 13.9. The minimum Gasteiger partial charge on any atom is -0.452 e. The highest BCUT2D eigenvalue weighted by Gasteiger charge is 2.30. The number of aromatic nitrogens is 1. The van der Waals surface area contributed by atoms with Gasteiger partial charge in [-0.2, -0.15) is 0 Å². The number of allylic oxidation sites excluding steroid dienone is 2. The number of benzene rings is 2. The molecule has 4 rings (SSSR count). The van der Waals surface area contributed by atoms with Gasteiger partial charge in [0.1, 0.15) is 17.3 Å². The zero-order valence-corrected chi connectivity index (χ0v) is 27.5. The lowest BCUT2D eigenvalue weighted by molar-refractivity contribution is -0.112. The summed E-state index contributed by atoms with van der Waals surface area (Å²) in [6.45, 7) is 7.11. The molecule has 1 aromatic rings. The summed E-state index contributed by atoms with van der Waals surface area (Å²) >= 11 is 6.19. The predicted octanol–water partition coefficient (Wildman–Crippen LogP) is 5.41. The third-order valence-electron chi connectivity index (χ3n) is 8.13. The molecule has 2 amide bonds. The van der Waals surface area contributed by atoms with Crippen molar-refractivity contribution in [1.82, 2.24) is 4.98 Å². The highest BCUT2D eigenvalue weighted by atomic mass is 35.5. The summed E-state index contributed by atoms with van der Waals surface area (Å²) in [5, 5.41) is 14.6. The normalized spacial score (nSPS) is 28.1. The van der Waals surface area contributed by atoms with Gasteiger partial charge in [-0.1, -0.05) is 49.8 Å². The molecule has 2 heterocycles. The number of amides is 2. The number of methoxy groups -OCH3 is 2. The Bertz CT molecular complexity index is 1710. The van der Waals surface area contributed by atoms with Crippen LogP contribution >= 0.6 is 11.6 Å². The van der Waals surface area contributed by atoms with Gasteiger partial charge in [-0.05, 0) is 62.4 Å². The minimum absolute atomic E-state index is 0.0416. The number of halogens is 1. The van der Waals surface area contributed by atoms with E-state index in [-0.39, 0.29) is 18.0 Å². The summed E-state index contributed by atoms with van der Waals surface area (Å²) in [4.78, 5) is 43.7. The van der Waals surface area contributed by atoms with E-state index < -0.39 is 47.8 Å². The van der Waals surface area contributed by atoms with E-state index in [0.717, 1.165) is 0 Å². The van der Waals surface area contributed by atoms with Crippen LogP contribution in [0.25, 0.3) is 22.6 Å². The number of aliphatic hydroxyl groups is 1. The van der Waals surface area contributed by atoms with Crippen LogP contribution < -0.4 is 16.5 Å². The summed E-state index contributed by atoms with van der Waals surface area (Å²) in [6, 6.07) is 6.51. The molecule has 0 spiro atoms. The van der Waals surface area contributed by atoms with E-state index in [2.05, 4.69) is 5.32 Å². The number of aliphatic hydroxyl groups excluding tert-OH is 1. The zero-order chi connectivity index (χ0) is 33.7. The van der Waals surface area contributed by atoms with E-state index in [1.165, 1.54) is 20.3 Å². The molecule has 0 aromatic heterocycles. The van der Waals surface area contributed by atoms with Crippen LogP contribution in [0.4, 0.5) is 10.5 Å². The first kappa shape index (κ1) is 34.8. The van der Waals surface area contributed by atoms with Crippen LogP contribution in [0, 0.1) is 11.8 Å². The van der Waals surface area contributed by atoms with Crippen molar-refractivity contribution >= 4 is 40.4 Å². The first-order valence-corrected chi connectivity index (χ1v) is 15.3. The average Bonchev–Trinajstić information content (AvgIpc) is 3.01. The lowest BCUT2D eigenvalue weighted by Crippen LogP contribution is -2.37. The van der Waals surface area contributed by atoms with Gasteiger partial charge in [0.05, 0.1) is 17.9 Å². The van der Waals surface area contributed by atoms with Gasteiger partial charge >= 0.3 is 6.09 Å². The molecular formula is C34H40ClN3O8. The highest BCUT2D eigenvalue weighted by Crippen LogP contribution is 2.32. The third-order valence-corrected chi connectivity index (χ3v) is 8.37. The minimum atomic E-state index is -0.991. The quantitative estimate of drug-likeness (QED) is 0.248. The highest BCUT2D eigenvalue weighted by molar-refractivity contribution is 6.31. The number of primary amides is 1. The number of nitrogens with two attached hydrogens (primary N) is 1. The van der Waals surface area contributed by atoms with E-state index in [9.17, 15) is 19.5 Å². The first-order valence-electron chi connectivity index (χ1n) is 14.9. The molecule has 46 heavy (non-hydrogen) atoms. The molecule has 3 aliphatic rings. The van der Waals surface area contributed by atoms with Gasteiger partial charge < -0.3 is 34.8 Å². The van der Waals surface area contributed by atoms with Crippen molar-refractivity contribution in [2.45, 2.75) is 65.0 Å². The van der Waals surface area contributed by atoms with Crippen molar-refractivity contribution in [2.24, 2.45) is 17.6 Å². The summed E-state index contributed by atoms with van der Waals surface area (Å²) in [5.41, 5.74) is 7.57. The number of ether oxygens (including phenoxy) is 3. The lowest BCUT2D eigenvalue weighted by Gasteiger charge is -2.29. The fraction of sp³-hybridized carbons (Fsp3) is 0.412. The first-order chi connectivity index (χ1) is 21.8. The van der Waals surface area contributed by atoms with E-state index in [0.29, 0.717) is 50.7 Å². The second-order valence-electron chi connectivity index (χ2n) is 11.7. The number of fused-ring (bicyclic) bond motifs is 5. The molecule has 0 fully saturated rings. The average molecular weight is 654 g/mol. The summed E-state index contributed by atoms with van der Waals surface area (Å²) in [5.74, 6) is -0.810. The summed E-state index contributed by atoms with van der Waals surface area (Å²) in [6.07, 6.45) is 2.94. The monoisotopic (exact) mass is 653 g/mol. The van der Waals surface area contributed by atoms with Gasteiger partial charge in [-0.25, -0.2) is 9.78 Å². The van der Waals surface area contributed by atoms with E-state index in [4.69, 9.17) is 40.9 Å². The number of carbonyl (C=O) groups excluding carboxylic acids is 2. The molecular weight excluding hydrogens is 614 g/mol. The molecule has 2 bridgehead atoms. The second kappa shape index (κ2) is 15.0. The Kier molecular flexibility index (Phi) is 11.4. The fourth-order valence-electron chi connectivity index (χ4n) is 5.67. The Labute approximate surface area is 272 Å². The number of carbonyl (C=O) groups is 2. The maximum absolute atomic E-state index is 13.9. The van der Waals surface area contributed by atoms with Gasteiger partial charge in [-0.3, -0.25) is 9.59 Å². The van der Waals surface area contributed by atoms with Crippen LogP contribution in [0.5, 0.6) is 0 Å². The lowest BCUT2D eigenvalue weighted by atomic mass is 9.87. The smallest absolute Gasteiger partial charge is 0.405 e. The van der Waals surface area contributed by atoms with Crippen LogP contribution in [-0.2, 0) is 25.4 Å². The molecule has 6 unspecified atom stereocenters. The maximum Gasteiger partial charge on any atom is 0.405 e. The SMILES string of the molecule is COC1/C=C\C=C(/C)C(=O)Nc2cc3nc4cc(Cl)ccc4oc-3c(c2=O)CC(C)CC(OC)C(O)C(C)/C=C(\C)C1OC(N)=O. The molecule has 2 aliphatic heterocycles. The van der Waals surface area contributed by atoms with Gasteiger partial charge in [0.2, 0.25) is 5.43 Å². The molecule has 246 valence electrons. The topological polar surface area (TPSA) is 163 Å². The molecule has 1 aliphatic carbocycles. The van der Waals surface area contributed by atoms with Crippen molar-refractivity contribution in [1.29, 1.82) is 0 Å². The van der Waals surface area contributed by atoms with Crippen LogP contribution in [0.1, 0.15) is 39.7 Å². The van der Waals surface area contributed by atoms with Crippen molar-refractivity contribution in [3.05, 3.63) is 80.5 Å². The van der Waals surface area contributed by atoms with E-state index in [1.807, 2.05) is 13.8 Å². The van der Waals surface area contributed by atoms with E-state index >= 15 is 0 Å². The second-order valence-corrected chi connectivity index (χ2v) is 12.2. The van der Waals surface area contributed by atoms with Crippen molar-refractivity contribution in [3.63, 3.8) is 0 Å². The number of hydrogen-bond acceptors (Lipinski definition) is 9. The Morgan fingerprint density at radius 1 is 1.15 bits per heavy atom. The van der Waals surface area contributed by atoms with E-state index in [1.54, 1.807) is 56.4 Å². The van der Waals surface area contributed by atoms with Crippen molar-refractivity contribution in [2.75, 3.05) is 19.5 Å². The molecule has 6 atom stereocenters. The largest absolute Gasteiger partial charge is 0.452 e. The Morgan fingerprint density at radius 2 is 1.89 bits per heavy atom. The molecule has 11 nitrogen and oxygen atoms in total. The summed E-state index contributed by atoms with van der Waals surface area (Å²) in [7, 11) is 2.96. The van der Waals surface area contributed by atoms with Crippen LogP contribution in [0.2, 0.25) is 5.02 Å². The predicted molar refractivity (Wildman–Crippen MR) is 176 cm³/mol. The summed E-state index contributed by atoms with van der Waals surface area (Å²) < 4.78 is 22.9. The Hall–Kier alpha value is -4.03. The number of rotatable bonds is 3. The molecule has 4 N–H and O–H groups in total. The van der Waals surface area contributed by atoms with Crippen molar-refractivity contribution < 1.29 is 33.3 Å². The molecule has 12 heteroatoms. The molecule has 0 radical (unpaired) electrons. The fourth-order valence-corrected chi connectivity index (χ4v) is 5.84. The molecule has 0 saturated carbocycles. The number of nitrogens with one attached hydrogen (secondary N) is 1. The van der Waals surface area contributed by atoms with Gasteiger partial charge in [-0.15, -0.1) is 0 Å². The third kappa shape index (κ3) is 8.03. The zero-order valence-electron chi connectivity index (χ0n) is 26.7. The molecule has 0 saturated heterocycles. The van der Waals surface area contributed by atoms with Crippen LogP contribution in [0.3, 0.4) is 0 Å². The number of nitrogens with zero attached hydrogens (tertiary/aromatic N) is 1. The Balaban J connectivity index is 1.86. The van der Waals surface area contributed by atoms with Crippen molar-refractivity contribution in [3.8, 4) is 11.5 Å². The number of hydrogen-bond donors (Lipinski definition) is 3. The van der Waals surface area contributed by atoms with Gasteiger partial charge in [0.15, 0.2) is 17.4 Å². The molecule has 1 aromatic carbocycles. The number of anilines is 1. The van der Waals surface area contributed by atoms with Crippen LogP contribution in [0.15, 0.2) is 68.9 Å². The van der Waals surface area contributed by atoms with Crippen LogP contribution in [-0.4, -0.2) is 60.7 Å². The van der Waals surface area contributed by atoms with Gasteiger partial charge in [0, 0.05) is 36.3 Å².